The number of hydrogen-bond acceptors (Lipinski definition) is 3. The molecule has 0 spiro atoms. The van der Waals surface area contributed by atoms with Crippen molar-refractivity contribution < 1.29 is 27.5 Å². The minimum Gasteiger partial charge on any atom is -0.478 e. The molecule has 2 rings (SSSR count). The van der Waals surface area contributed by atoms with Crippen molar-refractivity contribution in [2.75, 3.05) is 0 Å². The Morgan fingerprint density at radius 1 is 1.19 bits per heavy atom. The molecule has 1 aromatic heterocycles. The highest BCUT2D eigenvalue weighted by Crippen LogP contribution is 2.34. The quantitative estimate of drug-likeness (QED) is 0.866. The Hall–Kier alpha value is -2.09. The van der Waals surface area contributed by atoms with E-state index in [1.807, 2.05) is 0 Å². The fourth-order valence-electron chi connectivity index (χ4n) is 1.47. The number of nitrogens with zero attached hydrogens (tertiary/aromatic N) is 1. The molecule has 0 amide bonds. The summed E-state index contributed by atoms with van der Waals surface area (Å²) in [5.41, 5.74) is -1.07. The van der Waals surface area contributed by atoms with Crippen LogP contribution in [0.2, 0.25) is 0 Å². The van der Waals surface area contributed by atoms with Crippen LogP contribution in [0.5, 0.6) is 0 Å². The van der Waals surface area contributed by atoms with Gasteiger partial charge in [0.25, 0.3) is 0 Å². The number of pyridine rings is 1. The van der Waals surface area contributed by atoms with Crippen LogP contribution in [0.15, 0.2) is 46.5 Å². The molecular formula is C13H7F4NO2S. The third kappa shape index (κ3) is 3.72. The summed E-state index contributed by atoms with van der Waals surface area (Å²) in [6.45, 7) is 0. The van der Waals surface area contributed by atoms with Gasteiger partial charge in [-0.05, 0) is 30.3 Å². The van der Waals surface area contributed by atoms with Crippen molar-refractivity contribution in [2.45, 2.75) is 16.1 Å². The Kier molecular flexibility index (Phi) is 4.17. The third-order valence-electron chi connectivity index (χ3n) is 2.45. The number of benzene rings is 1. The van der Waals surface area contributed by atoms with E-state index >= 15 is 0 Å². The molecule has 0 bridgehead atoms. The fraction of sp³-hybridized carbons (Fsp3) is 0.0769. The number of carboxylic acids is 1. The molecule has 0 unspecified atom stereocenters. The van der Waals surface area contributed by atoms with Crippen molar-refractivity contribution in [3.8, 4) is 0 Å². The van der Waals surface area contributed by atoms with Crippen molar-refractivity contribution in [1.82, 2.24) is 4.98 Å². The van der Waals surface area contributed by atoms with Gasteiger partial charge in [0.1, 0.15) is 10.8 Å². The van der Waals surface area contributed by atoms with Crippen molar-refractivity contribution in [2.24, 2.45) is 0 Å². The summed E-state index contributed by atoms with van der Waals surface area (Å²) >= 11 is 0.627. The zero-order valence-corrected chi connectivity index (χ0v) is 11.0. The lowest BCUT2D eigenvalue weighted by molar-refractivity contribution is -0.137. The van der Waals surface area contributed by atoms with Crippen LogP contribution in [0.4, 0.5) is 17.6 Å². The van der Waals surface area contributed by atoms with E-state index in [0.717, 1.165) is 36.5 Å². The number of carboxylic acid groups (broad SMARTS) is 1. The maximum Gasteiger partial charge on any atom is 0.416 e. The summed E-state index contributed by atoms with van der Waals surface area (Å²) in [7, 11) is 0. The highest BCUT2D eigenvalue weighted by Gasteiger charge is 2.30. The lowest BCUT2D eigenvalue weighted by Crippen LogP contribution is -2.05. The zero-order chi connectivity index (χ0) is 15.6. The first-order valence-electron chi connectivity index (χ1n) is 5.51. The topological polar surface area (TPSA) is 50.2 Å². The average molecular weight is 317 g/mol. The van der Waals surface area contributed by atoms with E-state index in [1.54, 1.807) is 0 Å². The van der Waals surface area contributed by atoms with Gasteiger partial charge < -0.3 is 5.11 Å². The van der Waals surface area contributed by atoms with Gasteiger partial charge in [-0.1, -0.05) is 11.8 Å². The summed E-state index contributed by atoms with van der Waals surface area (Å²) < 4.78 is 51.3. The first kappa shape index (κ1) is 15.3. The van der Waals surface area contributed by atoms with Crippen LogP contribution in [-0.2, 0) is 6.18 Å². The smallest absolute Gasteiger partial charge is 0.416 e. The number of rotatable bonds is 3. The number of carbonyl (C=O) groups is 1. The first-order valence-corrected chi connectivity index (χ1v) is 6.33. The SMILES string of the molecule is O=C(O)c1ccc(F)c(Sc2cc(C(F)(F)F)ccn2)c1. The molecule has 0 saturated carbocycles. The third-order valence-corrected chi connectivity index (χ3v) is 3.42. The molecule has 0 radical (unpaired) electrons. The number of hydrogen-bond donors (Lipinski definition) is 1. The lowest BCUT2D eigenvalue weighted by atomic mass is 10.2. The van der Waals surface area contributed by atoms with E-state index in [1.165, 1.54) is 0 Å². The molecule has 1 aromatic carbocycles. The minimum absolute atomic E-state index is 0.0775. The van der Waals surface area contributed by atoms with E-state index in [4.69, 9.17) is 5.11 Å². The fourth-order valence-corrected chi connectivity index (χ4v) is 2.35. The summed E-state index contributed by atoms with van der Waals surface area (Å²) in [5.74, 6) is -1.99. The first-order chi connectivity index (χ1) is 9.77. The Morgan fingerprint density at radius 3 is 2.52 bits per heavy atom. The molecule has 0 atom stereocenters. The van der Waals surface area contributed by atoms with Crippen molar-refractivity contribution in [1.29, 1.82) is 0 Å². The standard InChI is InChI=1S/C13H7F4NO2S/c14-9-2-1-7(12(19)20)5-10(9)21-11-6-8(3-4-18-11)13(15,16)17/h1-6H,(H,19,20). The maximum atomic E-state index is 13.6. The molecule has 21 heavy (non-hydrogen) atoms. The average Bonchev–Trinajstić information content (AvgIpc) is 2.40. The second kappa shape index (κ2) is 5.72. The summed E-state index contributed by atoms with van der Waals surface area (Å²) in [6, 6.07) is 4.64. The molecule has 1 N–H and O–H groups in total. The van der Waals surface area contributed by atoms with Crippen molar-refractivity contribution >= 4 is 17.7 Å². The van der Waals surface area contributed by atoms with Gasteiger partial charge in [0.15, 0.2) is 0 Å². The van der Waals surface area contributed by atoms with Gasteiger partial charge in [0.05, 0.1) is 16.0 Å². The molecule has 3 nitrogen and oxygen atoms in total. The molecule has 110 valence electrons. The molecule has 0 aliphatic carbocycles. The monoisotopic (exact) mass is 317 g/mol. The van der Waals surface area contributed by atoms with Gasteiger partial charge >= 0.3 is 12.1 Å². The molecule has 2 aromatic rings. The number of halogens is 4. The maximum absolute atomic E-state index is 13.6. The van der Waals surface area contributed by atoms with Crippen LogP contribution < -0.4 is 0 Å². The van der Waals surface area contributed by atoms with Crippen LogP contribution in [0, 0.1) is 5.82 Å². The van der Waals surface area contributed by atoms with Gasteiger partial charge in [-0.25, -0.2) is 14.2 Å². The van der Waals surface area contributed by atoms with E-state index in [0.29, 0.717) is 11.8 Å². The normalized spacial score (nSPS) is 11.4. The van der Waals surface area contributed by atoms with Gasteiger partial charge in [0, 0.05) is 6.20 Å². The summed E-state index contributed by atoms with van der Waals surface area (Å²) in [5, 5.41) is 8.74. The Morgan fingerprint density at radius 2 is 1.90 bits per heavy atom. The van der Waals surface area contributed by atoms with Crippen LogP contribution in [-0.4, -0.2) is 16.1 Å². The van der Waals surface area contributed by atoms with Crippen LogP contribution in [0.1, 0.15) is 15.9 Å². The van der Waals surface area contributed by atoms with Gasteiger partial charge in [-0.3, -0.25) is 0 Å². The lowest BCUT2D eigenvalue weighted by Gasteiger charge is -2.08. The number of aromatic carboxylic acids is 1. The van der Waals surface area contributed by atoms with Crippen LogP contribution in [0.25, 0.3) is 0 Å². The molecule has 0 aliphatic heterocycles. The molecular weight excluding hydrogens is 310 g/mol. The van der Waals surface area contributed by atoms with Crippen LogP contribution >= 0.6 is 11.8 Å². The van der Waals surface area contributed by atoms with Crippen LogP contribution in [0.3, 0.4) is 0 Å². The van der Waals surface area contributed by atoms with E-state index in [9.17, 15) is 22.4 Å². The van der Waals surface area contributed by atoms with E-state index in [-0.39, 0.29) is 15.5 Å². The van der Waals surface area contributed by atoms with Crippen molar-refractivity contribution in [3.05, 3.63) is 53.5 Å². The summed E-state index contributed by atoms with van der Waals surface area (Å²) in [4.78, 5) is 14.4. The Labute approximate surface area is 120 Å². The molecule has 0 fully saturated rings. The second-order valence-electron chi connectivity index (χ2n) is 3.93. The molecule has 0 saturated heterocycles. The minimum atomic E-state index is -4.53. The Bertz CT molecular complexity index is 688. The second-order valence-corrected chi connectivity index (χ2v) is 5.00. The Balaban J connectivity index is 2.34. The number of aromatic nitrogens is 1. The summed E-state index contributed by atoms with van der Waals surface area (Å²) in [6.07, 6.45) is -3.57. The van der Waals surface area contributed by atoms with Gasteiger partial charge in [-0.15, -0.1) is 0 Å². The predicted octanol–water partition coefficient (Wildman–Crippen LogP) is 4.09. The highest BCUT2D eigenvalue weighted by atomic mass is 32.2. The molecule has 1 heterocycles. The molecule has 0 aliphatic rings. The number of alkyl halides is 3. The van der Waals surface area contributed by atoms with Gasteiger partial charge in [-0.2, -0.15) is 13.2 Å². The van der Waals surface area contributed by atoms with Crippen molar-refractivity contribution in [3.63, 3.8) is 0 Å². The molecule has 8 heteroatoms. The zero-order valence-electron chi connectivity index (χ0n) is 10.2. The van der Waals surface area contributed by atoms with Gasteiger partial charge in [0.2, 0.25) is 0 Å². The van der Waals surface area contributed by atoms with E-state index < -0.39 is 23.5 Å². The highest BCUT2D eigenvalue weighted by molar-refractivity contribution is 7.99. The van der Waals surface area contributed by atoms with E-state index in [2.05, 4.69) is 4.98 Å². The largest absolute Gasteiger partial charge is 0.478 e. The predicted molar refractivity (Wildman–Crippen MR) is 66.7 cm³/mol.